The normalized spacial score (nSPS) is 12.9. The van der Waals surface area contributed by atoms with Gasteiger partial charge in [0.2, 0.25) is 5.95 Å². The fraction of sp³-hybridized carbons (Fsp3) is 0.533. The van der Waals surface area contributed by atoms with Crippen LogP contribution in [0.2, 0.25) is 0 Å². The zero-order valence-electron chi connectivity index (χ0n) is 12.9. The van der Waals surface area contributed by atoms with Crippen LogP contribution in [0.1, 0.15) is 45.0 Å². The molecule has 1 heterocycles. The molecular weight excluding hydrogens is 275 g/mol. The summed E-state index contributed by atoms with van der Waals surface area (Å²) in [5, 5.41) is 2.50. The van der Waals surface area contributed by atoms with Crippen molar-refractivity contribution < 1.29 is 18.7 Å². The van der Waals surface area contributed by atoms with E-state index in [9.17, 15) is 14.0 Å². The standard InChI is InChI=1S/C15H21FN2O3/c1-9(2)11(14(20)21-15(3,4)5)18-13(19)10-7-6-8-17-12(10)16/h6-9,11H,1-5H3,(H,18,19)/t11-/m1/s1. The van der Waals surface area contributed by atoms with Gasteiger partial charge < -0.3 is 10.1 Å². The van der Waals surface area contributed by atoms with Gasteiger partial charge in [0.05, 0.1) is 5.56 Å². The van der Waals surface area contributed by atoms with Crippen molar-refractivity contribution in [3.63, 3.8) is 0 Å². The van der Waals surface area contributed by atoms with Crippen LogP contribution in [0.4, 0.5) is 4.39 Å². The second kappa shape index (κ2) is 6.65. The highest BCUT2D eigenvalue weighted by Gasteiger charge is 2.30. The molecule has 0 aliphatic carbocycles. The highest BCUT2D eigenvalue weighted by atomic mass is 19.1. The Hall–Kier alpha value is -1.98. The number of aromatic nitrogens is 1. The van der Waals surface area contributed by atoms with E-state index in [0.717, 1.165) is 0 Å². The molecule has 0 unspecified atom stereocenters. The van der Waals surface area contributed by atoms with Gasteiger partial charge in [-0.1, -0.05) is 13.8 Å². The zero-order valence-corrected chi connectivity index (χ0v) is 12.9. The molecule has 1 N–H and O–H groups in total. The topological polar surface area (TPSA) is 68.3 Å². The van der Waals surface area contributed by atoms with Gasteiger partial charge in [0.25, 0.3) is 5.91 Å². The van der Waals surface area contributed by atoms with Crippen LogP contribution in [0.3, 0.4) is 0 Å². The molecule has 0 aromatic carbocycles. The van der Waals surface area contributed by atoms with Gasteiger partial charge >= 0.3 is 5.97 Å². The monoisotopic (exact) mass is 296 g/mol. The Morgan fingerprint density at radius 1 is 1.33 bits per heavy atom. The summed E-state index contributed by atoms with van der Waals surface area (Å²) >= 11 is 0. The molecule has 6 heteroatoms. The van der Waals surface area contributed by atoms with Crippen LogP contribution in [0.5, 0.6) is 0 Å². The molecule has 0 radical (unpaired) electrons. The van der Waals surface area contributed by atoms with Crippen LogP contribution in [0.25, 0.3) is 0 Å². The fourth-order valence-electron chi connectivity index (χ4n) is 1.64. The molecule has 1 rings (SSSR count). The largest absolute Gasteiger partial charge is 0.458 e. The highest BCUT2D eigenvalue weighted by Crippen LogP contribution is 2.13. The smallest absolute Gasteiger partial charge is 0.329 e. The lowest BCUT2D eigenvalue weighted by Crippen LogP contribution is -2.47. The summed E-state index contributed by atoms with van der Waals surface area (Å²) in [5.41, 5.74) is -0.860. The van der Waals surface area contributed by atoms with E-state index >= 15 is 0 Å². The number of amides is 1. The number of carbonyl (C=O) groups is 2. The molecule has 0 bridgehead atoms. The third kappa shape index (κ3) is 5.13. The number of nitrogens with one attached hydrogen (secondary N) is 1. The van der Waals surface area contributed by atoms with Gasteiger partial charge in [0, 0.05) is 6.20 Å². The number of esters is 1. The predicted octanol–water partition coefficient (Wildman–Crippen LogP) is 2.32. The quantitative estimate of drug-likeness (QED) is 0.684. The summed E-state index contributed by atoms with van der Waals surface area (Å²) in [5.74, 6) is -2.30. The number of ether oxygens (including phenoxy) is 1. The minimum absolute atomic E-state index is 0.191. The lowest BCUT2D eigenvalue weighted by molar-refractivity contribution is -0.158. The lowest BCUT2D eigenvalue weighted by atomic mass is 10.0. The molecule has 0 saturated heterocycles. The van der Waals surface area contributed by atoms with Gasteiger partial charge in [-0.15, -0.1) is 0 Å². The van der Waals surface area contributed by atoms with Crippen molar-refractivity contribution in [3.05, 3.63) is 29.8 Å². The molecule has 21 heavy (non-hydrogen) atoms. The van der Waals surface area contributed by atoms with Crippen molar-refractivity contribution in [3.8, 4) is 0 Å². The molecule has 1 aromatic heterocycles. The number of carbonyl (C=O) groups excluding carboxylic acids is 2. The summed E-state index contributed by atoms with van der Waals surface area (Å²) in [6, 6.07) is 1.91. The van der Waals surface area contributed by atoms with E-state index in [1.54, 1.807) is 34.6 Å². The molecule has 116 valence electrons. The Labute approximate surface area is 123 Å². The van der Waals surface area contributed by atoms with Crippen LogP contribution in [-0.4, -0.2) is 28.5 Å². The van der Waals surface area contributed by atoms with Crippen LogP contribution in [-0.2, 0) is 9.53 Å². The van der Waals surface area contributed by atoms with E-state index in [4.69, 9.17) is 4.74 Å². The van der Waals surface area contributed by atoms with Gasteiger partial charge in [0.1, 0.15) is 11.6 Å². The van der Waals surface area contributed by atoms with E-state index in [0.29, 0.717) is 0 Å². The van der Waals surface area contributed by atoms with Gasteiger partial charge in [-0.3, -0.25) is 4.79 Å². The molecule has 5 nitrogen and oxygen atoms in total. The minimum Gasteiger partial charge on any atom is -0.458 e. The zero-order chi connectivity index (χ0) is 16.2. The van der Waals surface area contributed by atoms with E-state index in [1.165, 1.54) is 18.3 Å². The van der Waals surface area contributed by atoms with E-state index in [-0.39, 0.29) is 11.5 Å². The molecule has 1 aromatic rings. The Balaban J connectivity index is 2.87. The number of rotatable bonds is 4. The van der Waals surface area contributed by atoms with Crippen LogP contribution in [0.15, 0.2) is 18.3 Å². The second-order valence-electron chi connectivity index (χ2n) is 6.07. The summed E-state index contributed by atoms with van der Waals surface area (Å²) in [4.78, 5) is 27.6. The van der Waals surface area contributed by atoms with Crippen molar-refractivity contribution in [1.82, 2.24) is 10.3 Å². The maximum Gasteiger partial charge on any atom is 0.329 e. The Bertz CT molecular complexity index is 524. The number of nitrogens with zero attached hydrogens (tertiary/aromatic N) is 1. The molecule has 0 saturated carbocycles. The Morgan fingerprint density at radius 3 is 2.43 bits per heavy atom. The third-order valence-corrected chi connectivity index (χ3v) is 2.62. The molecule has 0 fully saturated rings. The number of pyridine rings is 1. The van der Waals surface area contributed by atoms with Crippen LogP contribution < -0.4 is 5.32 Å². The SMILES string of the molecule is CC(C)[C@@H](NC(=O)c1cccnc1F)C(=O)OC(C)(C)C. The molecule has 1 amide bonds. The third-order valence-electron chi connectivity index (χ3n) is 2.62. The number of hydrogen-bond acceptors (Lipinski definition) is 4. The van der Waals surface area contributed by atoms with Crippen molar-refractivity contribution in [1.29, 1.82) is 0 Å². The summed E-state index contributed by atoms with van der Waals surface area (Å²) in [6.07, 6.45) is 1.25. The first kappa shape index (κ1) is 17.1. The molecule has 0 aliphatic heterocycles. The minimum atomic E-state index is -0.873. The van der Waals surface area contributed by atoms with Crippen molar-refractivity contribution in [2.24, 2.45) is 5.92 Å². The summed E-state index contributed by atoms with van der Waals surface area (Å²) in [7, 11) is 0. The summed E-state index contributed by atoms with van der Waals surface area (Å²) < 4.78 is 18.7. The van der Waals surface area contributed by atoms with Gasteiger partial charge in [-0.2, -0.15) is 4.39 Å². The summed E-state index contributed by atoms with van der Waals surface area (Å²) in [6.45, 7) is 8.77. The van der Waals surface area contributed by atoms with E-state index in [2.05, 4.69) is 10.3 Å². The maximum atomic E-state index is 13.5. The van der Waals surface area contributed by atoms with Crippen molar-refractivity contribution >= 4 is 11.9 Å². The molecule has 0 spiro atoms. The average molecular weight is 296 g/mol. The Kier molecular flexibility index (Phi) is 5.41. The maximum absolute atomic E-state index is 13.5. The van der Waals surface area contributed by atoms with Crippen molar-refractivity contribution in [2.75, 3.05) is 0 Å². The second-order valence-corrected chi connectivity index (χ2v) is 6.07. The molecule has 0 aliphatic rings. The fourth-order valence-corrected chi connectivity index (χ4v) is 1.64. The van der Waals surface area contributed by atoms with E-state index in [1.807, 2.05) is 0 Å². The Morgan fingerprint density at radius 2 is 1.95 bits per heavy atom. The number of halogens is 1. The molecule has 1 atom stereocenters. The first-order valence-corrected chi connectivity index (χ1v) is 6.76. The van der Waals surface area contributed by atoms with Gasteiger partial charge in [-0.25, -0.2) is 9.78 Å². The number of hydrogen-bond donors (Lipinski definition) is 1. The molecular formula is C15H21FN2O3. The predicted molar refractivity (Wildman–Crippen MR) is 76.1 cm³/mol. The van der Waals surface area contributed by atoms with Crippen LogP contribution in [0, 0.1) is 11.9 Å². The van der Waals surface area contributed by atoms with Gasteiger partial charge in [0.15, 0.2) is 0 Å². The van der Waals surface area contributed by atoms with Crippen molar-refractivity contribution in [2.45, 2.75) is 46.3 Å². The van der Waals surface area contributed by atoms with E-state index < -0.39 is 29.5 Å². The first-order chi connectivity index (χ1) is 9.61. The van der Waals surface area contributed by atoms with Gasteiger partial charge in [-0.05, 0) is 38.8 Å². The van der Waals surface area contributed by atoms with Crippen LogP contribution >= 0.6 is 0 Å². The average Bonchev–Trinajstić information content (AvgIpc) is 2.33. The lowest BCUT2D eigenvalue weighted by Gasteiger charge is -2.26. The highest BCUT2D eigenvalue weighted by molar-refractivity contribution is 5.96. The first-order valence-electron chi connectivity index (χ1n) is 6.76.